The van der Waals surface area contributed by atoms with Gasteiger partial charge in [-0.25, -0.2) is 4.79 Å². The standard InChI is InChI=1S/C22H30N4O4/c23-20(29)22(9-11-24-12-10-22)17-4-2-1-3-16(17)18-13-25-21(30)26(18)15-7-5-14(6-8-15)19(27)28/h1-4,14-15,18,24H,5-13H2,(H2,23,29)(H,25,30)(H,27,28). The number of piperidine rings is 1. The van der Waals surface area contributed by atoms with Gasteiger partial charge in [0.05, 0.1) is 17.4 Å². The number of hydrogen-bond acceptors (Lipinski definition) is 4. The number of nitrogens with one attached hydrogen (secondary N) is 2. The highest BCUT2D eigenvalue weighted by Crippen LogP contribution is 2.41. The van der Waals surface area contributed by atoms with Crippen molar-refractivity contribution in [1.29, 1.82) is 0 Å². The van der Waals surface area contributed by atoms with Gasteiger partial charge in [-0.2, -0.15) is 0 Å². The summed E-state index contributed by atoms with van der Waals surface area (Å²) in [6.07, 6.45) is 3.78. The average molecular weight is 415 g/mol. The third kappa shape index (κ3) is 3.53. The van der Waals surface area contributed by atoms with E-state index in [1.165, 1.54) is 0 Å². The minimum Gasteiger partial charge on any atom is -0.481 e. The third-order valence-electron chi connectivity index (χ3n) is 7.22. The molecule has 8 nitrogen and oxygen atoms in total. The number of carboxylic acid groups (broad SMARTS) is 1. The molecule has 1 aliphatic carbocycles. The van der Waals surface area contributed by atoms with E-state index >= 15 is 0 Å². The smallest absolute Gasteiger partial charge is 0.318 e. The van der Waals surface area contributed by atoms with Gasteiger partial charge in [-0.1, -0.05) is 24.3 Å². The Labute approximate surface area is 176 Å². The quantitative estimate of drug-likeness (QED) is 0.581. The Morgan fingerprint density at radius 3 is 2.40 bits per heavy atom. The van der Waals surface area contributed by atoms with Crippen molar-refractivity contribution in [3.63, 3.8) is 0 Å². The Bertz CT molecular complexity index is 828. The lowest BCUT2D eigenvalue weighted by molar-refractivity contribution is -0.143. The summed E-state index contributed by atoms with van der Waals surface area (Å²) in [6, 6.07) is 7.54. The molecule has 1 aromatic rings. The van der Waals surface area contributed by atoms with Gasteiger partial charge in [0.2, 0.25) is 5.91 Å². The van der Waals surface area contributed by atoms with Gasteiger partial charge in [-0.3, -0.25) is 9.59 Å². The molecule has 0 aromatic heterocycles. The van der Waals surface area contributed by atoms with Gasteiger partial charge in [0.15, 0.2) is 0 Å². The second-order valence-electron chi connectivity index (χ2n) is 8.74. The van der Waals surface area contributed by atoms with Gasteiger partial charge < -0.3 is 26.4 Å². The molecule has 1 unspecified atom stereocenters. The lowest BCUT2D eigenvalue weighted by Crippen LogP contribution is -2.50. The maximum absolute atomic E-state index is 12.8. The van der Waals surface area contributed by atoms with E-state index in [1.807, 2.05) is 29.2 Å². The molecule has 2 saturated heterocycles. The van der Waals surface area contributed by atoms with Crippen molar-refractivity contribution in [2.24, 2.45) is 11.7 Å². The van der Waals surface area contributed by atoms with Crippen molar-refractivity contribution in [3.05, 3.63) is 35.4 Å². The van der Waals surface area contributed by atoms with E-state index < -0.39 is 11.4 Å². The van der Waals surface area contributed by atoms with Gasteiger partial charge >= 0.3 is 12.0 Å². The first-order valence-corrected chi connectivity index (χ1v) is 10.8. The van der Waals surface area contributed by atoms with Crippen molar-refractivity contribution in [3.8, 4) is 0 Å². The first-order chi connectivity index (χ1) is 14.4. The van der Waals surface area contributed by atoms with E-state index in [2.05, 4.69) is 10.6 Å². The number of urea groups is 1. The topological polar surface area (TPSA) is 125 Å². The van der Waals surface area contributed by atoms with Crippen LogP contribution in [0.5, 0.6) is 0 Å². The molecular weight excluding hydrogens is 384 g/mol. The number of rotatable bonds is 5. The van der Waals surface area contributed by atoms with E-state index in [4.69, 9.17) is 5.73 Å². The van der Waals surface area contributed by atoms with E-state index in [-0.39, 0.29) is 29.9 Å². The van der Waals surface area contributed by atoms with Gasteiger partial charge in [0, 0.05) is 12.6 Å². The highest BCUT2D eigenvalue weighted by molar-refractivity contribution is 5.87. The number of carbonyl (C=O) groups excluding carboxylic acids is 2. The number of benzene rings is 1. The Balaban J connectivity index is 1.66. The molecule has 4 rings (SSSR count). The van der Waals surface area contributed by atoms with Crippen LogP contribution in [0.2, 0.25) is 0 Å². The van der Waals surface area contributed by atoms with Crippen LogP contribution in [0.25, 0.3) is 0 Å². The van der Waals surface area contributed by atoms with E-state index in [0.717, 1.165) is 24.2 Å². The molecule has 2 aliphatic heterocycles. The van der Waals surface area contributed by atoms with E-state index in [1.54, 1.807) is 0 Å². The maximum atomic E-state index is 12.8. The zero-order chi connectivity index (χ0) is 21.3. The van der Waals surface area contributed by atoms with E-state index in [0.29, 0.717) is 45.1 Å². The van der Waals surface area contributed by atoms with Gasteiger partial charge in [-0.05, 0) is 62.7 Å². The van der Waals surface area contributed by atoms with Crippen LogP contribution in [-0.2, 0) is 15.0 Å². The molecule has 0 radical (unpaired) electrons. The summed E-state index contributed by atoms with van der Waals surface area (Å²) in [4.78, 5) is 38.6. The first kappa shape index (κ1) is 20.7. The largest absolute Gasteiger partial charge is 0.481 e. The molecule has 162 valence electrons. The normalized spacial score (nSPS) is 28.7. The molecule has 0 bridgehead atoms. The number of carboxylic acids is 1. The van der Waals surface area contributed by atoms with Crippen molar-refractivity contribution in [2.45, 2.75) is 56.0 Å². The van der Waals surface area contributed by atoms with Crippen molar-refractivity contribution in [1.82, 2.24) is 15.5 Å². The fourth-order valence-electron chi connectivity index (χ4n) is 5.52. The molecule has 1 aromatic carbocycles. The van der Waals surface area contributed by atoms with Gasteiger partial charge in [0.25, 0.3) is 0 Å². The predicted molar refractivity (Wildman–Crippen MR) is 111 cm³/mol. The summed E-state index contributed by atoms with van der Waals surface area (Å²) in [7, 11) is 0. The molecule has 1 atom stereocenters. The van der Waals surface area contributed by atoms with Gasteiger partial charge in [-0.15, -0.1) is 0 Å². The van der Waals surface area contributed by atoms with Crippen LogP contribution in [0.1, 0.15) is 55.7 Å². The van der Waals surface area contributed by atoms with Crippen molar-refractivity contribution >= 4 is 17.9 Å². The molecule has 5 N–H and O–H groups in total. The molecule has 0 spiro atoms. The minimum atomic E-state index is -0.754. The minimum absolute atomic E-state index is 0.00120. The fourth-order valence-corrected chi connectivity index (χ4v) is 5.52. The second-order valence-corrected chi connectivity index (χ2v) is 8.74. The monoisotopic (exact) mass is 414 g/mol. The predicted octanol–water partition coefficient (Wildman–Crippen LogP) is 1.50. The highest BCUT2D eigenvalue weighted by Gasteiger charge is 2.45. The molecule has 30 heavy (non-hydrogen) atoms. The zero-order valence-electron chi connectivity index (χ0n) is 17.1. The van der Waals surface area contributed by atoms with Crippen LogP contribution >= 0.6 is 0 Å². The number of amides is 3. The van der Waals surface area contributed by atoms with Crippen LogP contribution in [-0.4, -0.2) is 53.6 Å². The van der Waals surface area contributed by atoms with Crippen molar-refractivity contribution < 1.29 is 19.5 Å². The number of aliphatic carboxylic acids is 1. The highest BCUT2D eigenvalue weighted by atomic mass is 16.4. The van der Waals surface area contributed by atoms with Crippen molar-refractivity contribution in [2.75, 3.05) is 19.6 Å². The Kier molecular flexibility index (Phi) is 5.69. The Hall–Kier alpha value is -2.61. The molecule has 2 heterocycles. The lowest BCUT2D eigenvalue weighted by Gasteiger charge is -2.40. The molecular formula is C22H30N4O4. The summed E-state index contributed by atoms with van der Waals surface area (Å²) in [5.74, 6) is -1.40. The Morgan fingerprint density at radius 2 is 1.77 bits per heavy atom. The first-order valence-electron chi connectivity index (χ1n) is 10.8. The fraction of sp³-hybridized carbons (Fsp3) is 0.591. The SMILES string of the molecule is NC(=O)C1(c2ccccc2C2CNC(=O)N2C2CCC(C(=O)O)CC2)CCNCC1. The number of hydrogen-bond donors (Lipinski definition) is 4. The lowest BCUT2D eigenvalue weighted by atomic mass is 9.70. The third-order valence-corrected chi connectivity index (χ3v) is 7.22. The summed E-state index contributed by atoms with van der Waals surface area (Å²) in [6.45, 7) is 1.92. The molecule has 3 amide bonds. The van der Waals surface area contributed by atoms with Crippen LogP contribution < -0.4 is 16.4 Å². The zero-order valence-corrected chi connectivity index (χ0v) is 17.1. The van der Waals surface area contributed by atoms with E-state index in [9.17, 15) is 19.5 Å². The maximum Gasteiger partial charge on any atom is 0.318 e. The summed E-state index contributed by atoms with van der Waals surface area (Å²) >= 11 is 0. The number of primary amides is 1. The molecule has 3 fully saturated rings. The number of carbonyl (C=O) groups is 3. The average Bonchev–Trinajstić information content (AvgIpc) is 3.15. The van der Waals surface area contributed by atoms with Crippen LogP contribution in [0, 0.1) is 5.92 Å². The second kappa shape index (κ2) is 8.26. The molecule has 1 saturated carbocycles. The van der Waals surface area contributed by atoms with Gasteiger partial charge in [0.1, 0.15) is 0 Å². The summed E-state index contributed by atoms with van der Waals surface area (Å²) in [5, 5.41) is 15.6. The Morgan fingerprint density at radius 1 is 1.10 bits per heavy atom. The van der Waals surface area contributed by atoms with Crippen LogP contribution in [0.15, 0.2) is 24.3 Å². The number of nitrogens with two attached hydrogens (primary N) is 1. The summed E-state index contributed by atoms with van der Waals surface area (Å²) in [5.41, 5.74) is 7.09. The molecule has 8 heteroatoms. The van der Waals surface area contributed by atoms with Crippen LogP contribution in [0.4, 0.5) is 4.79 Å². The number of nitrogens with zero attached hydrogens (tertiary/aromatic N) is 1. The van der Waals surface area contributed by atoms with Crippen LogP contribution in [0.3, 0.4) is 0 Å². The summed E-state index contributed by atoms with van der Waals surface area (Å²) < 4.78 is 0. The molecule has 3 aliphatic rings.